The van der Waals surface area contributed by atoms with Gasteiger partial charge in [-0.25, -0.2) is 12.7 Å². The normalized spacial score (nSPS) is 17.1. The average molecular weight is 386 g/mol. The van der Waals surface area contributed by atoms with Crippen molar-refractivity contribution in [1.29, 1.82) is 0 Å². The van der Waals surface area contributed by atoms with Crippen LogP contribution in [0.15, 0.2) is 65.6 Å². The van der Waals surface area contributed by atoms with Crippen LogP contribution in [-0.2, 0) is 26.0 Å². The highest BCUT2D eigenvalue weighted by molar-refractivity contribution is 7.89. The lowest BCUT2D eigenvalue weighted by Gasteiger charge is -2.23. The first-order valence-electron chi connectivity index (χ1n) is 8.94. The molecule has 1 aliphatic heterocycles. The van der Waals surface area contributed by atoms with E-state index in [2.05, 4.69) is 5.32 Å². The smallest absolute Gasteiger partial charge is 0.267 e. The number of carbonyl (C=O) groups excluding carboxylic acids is 2. The Labute approximate surface area is 159 Å². The lowest BCUT2D eigenvalue weighted by Crippen LogP contribution is -2.47. The molecule has 1 N–H and O–H groups in total. The summed E-state index contributed by atoms with van der Waals surface area (Å²) < 4.78 is 26.3. The van der Waals surface area contributed by atoms with Crippen LogP contribution < -0.4 is 5.32 Å². The van der Waals surface area contributed by atoms with Crippen molar-refractivity contribution in [3.05, 3.63) is 66.2 Å². The SMILES string of the molecule is O=C(NCCCc1ccccc1)C1CCC(=O)N1S(=O)(=O)c1ccccc1. The maximum Gasteiger partial charge on any atom is 0.267 e. The zero-order valence-corrected chi connectivity index (χ0v) is 15.7. The highest BCUT2D eigenvalue weighted by Crippen LogP contribution is 2.27. The Hall–Kier alpha value is -2.67. The summed E-state index contributed by atoms with van der Waals surface area (Å²) in [7, 11) is -4.03. The van der Waals surface area contributed by atoms with E-state index in [1.165, 1.54) is 17.7 Å². The van der Waals surface area contributed by atoms with Crippen LogP contribution >= 0.6 is 0 Å². The van der Waals surface area contributed by atoms with Crippen molar-refractivity contribution in [1.82, 2.24) is 9.62 Å². The average Bonchev–Trinajstić information content (AvgIpc) is 3.09. The number of nitrogens with zero attached hydrogens (tertiary/aromatic N) is 1. The number of hydrogen-bond acceptors (Lipinski definition) is 4. The summed E-state index contributed by atoms with van der Waals surface area (Å²) in [6, 6.07) is 16.7. The van der Waals surface area contributed by atoms with E-state index >= 15 is 0 Å². The monoisotopic (exact) mass is 386 g/mol. The molecule has 0 bridgehead atoms. The van der Waals surface area contributed by atoms with Crippen LogP contribution in [-0.4, -0.2) is 37.1 Å². The van der Waals surface area contributed by atoms with E-state index in [9.17, 15) is 18.0 Å². The summed E-state index contributed by atoms with van der Waals surface area (Å²) in [5.74, 6) is -0.961. The molecular weight excluding hydrogens is 364 g/mol. The number of aryl methyl sites for hydroxylation is 1. The molecule has 1 fully saturated rings. The van der Waals surface area contributed by atoms with E-state index in [1.807, 2.05) is 30.3 Å². The molecule has 1 atom stereocenters. The molecule has 27 heavy (non-hydrogen) atoms. The summed E-state index contributed by atoms with van der Waals surface area (Å²) in [6.07, 6.45) is 1.81. The fourth-order valence-electron chi connectivity index (χ4n) is 3.17. The van der Waals surface area contributed by atoms with Gasteiger partial charge in [0.15, 0.2) is 0 Å². The molecule has 0 radical (unpaired) electrons. The van der Waals surface area contributed by atoms with Gasteiger partial charge in [0, 0.05) is 13.0 Å². The molecule has 142 valence electrons. The van der Waals surface area contributed by atoms with Gasteiger partial charge in [-0.05, 0) is 37.0 Å². The molecule has 1 saturated heterocycles. The van der Waals surface area contributed by atoms with Gasteiger partial charge < -0.3 is 5.32 Å². The molecule has 2 aromatic rings. The highest BCUT2D eigenvalue weighted by atomic mass is 32.2. The van der Waals surface area contributed by atoms with Gasteiger partial charge in [0.05, 0.1) is 4.90 Å². The molecule has 2 amide bonds. The summed E-state index contributed by atoms with van der Waals surface area (Å²) >= 11 is 0. The van der Waals surface area contributed by atoms with Crippen LogP contribution in [0.25, 0.3) is 0 Å². The lowest BCUT2D eigenvalue weighted by atomic mass is 10.1. The Morgan fingerprint density at radius 2 is 1.67 bits per heavy atom. The van der Waals surface area contributed by atoms with Crippen LogP contribution in [0.5, 0.6) is 0 Å². The largest absolute Gasteiger partial charge is 0.354 e. The molecular formula is C20H22N2O4S. The van der Waals surface area contributed by atoms with Crippen LogP contribution in [0.4, 0.5) is 0 Å². The second-order valence-corrected chi connectivity index (χ2v) is 8.26. The van der Waals surface area contributed by atoms with Gasteiger partial charge in [-0.15, -0.1) is 0 Å². The number of nitrogens with one attached hydrogen (secondary N) is 1. The molecule has 1 aliphatic rings. The van der Waals surface area contributed by atoms with Crippen molar-refractivity contribution in [3.63, 3.8) is 0 Å². The number of rotatable bonds is 7. The third-order valence-corrected chi connectivity index (χ3v) is 6.39. The third kappa shape index (κ3) is 4.36. The highest BCUT2D eigenvalue weighted by Gasteiger charge is 2.43. The maximum absolute atomic E-state index is 12.8. The van der Waals surface area contributed by atoms with Crippen molar-refractivity contribution in [3.8, 4) is 0 Å². The zero-order chi connectivity index (χ0) is 19.3. The predicted molar refractivity (Wildman–Crippen MR) is 101 cm³/mol. The Kier molecular flexibility index (Phi) is 5.91. The molecule has 6 nitrogen and oxygen atoms in total. The second-order valence-electron chi connectivity index (χ2n) is 6.44. The molecule has 0 spiro atoms. The summed E-state index contributed by atoms with van der Waals surface area (Å²) in [5, 5.41) is 2.77. The van der Waals surface area contributed by atoms with Gasteiger partial charge in [-0.2, -0.15) is 0 Å². The first-order valence-corrected chi connectivity index (χ1v) is 10.4. The molecule has 7 heteroatoms. The minimum absolute atomic E-state index is 0.0159. The first kappa shape index (κ1) is 19.1. The van der Waals surface area contributed by atoms with E-state index in [0.717, 1.165) is 17.1 Å². The van der Waals surface area contributed by atoms with Crippen LogP contribution in [0.1, 0.15) is 24.8 Å². The molecule has 3 rings (SSSR count). The topological polar surface area (TPSA) is 83.6 Å². The third-order valence-electron chi connectivity index (χ3n) is 4.55. The van der Waals surface area contributed by atoms with E-state index in [4.69, 9.17) is 0 Å². The van der Waals surface area contributed by atoms with Gasteiger partial charge >= 0.3 is 0 Å². The van der Waals surface area contributed by atoms with E-state index < -0.39 is 27.9 Å². The van der Waals surface area contributed by atoms with E-state index in [0.29, 0.717) is 6.54 Å². The Morgan fingerprint density at radius 1 is 1.04 bits per heavy atom. The quantitative estimate of drug-likeness (QED) is 0.739. The van der Waals surface area contributed by atoms with Gasteiger partial charge in [-0.3, -0.25) is 9.59 Å². The Bertz CT molecular complexity index is 898. The van der Waals surface area contributed by atoms with Crippen molar-refractivity contribution < 1.29 is 18.0 Å². The zero-order valence-electron chi connectivity index (χ0n) is 14.9. The summed E-state index contributed by atoms with van der Waals surface area (Å²) in [4.78, 5) is 24.7. The maximum atomic E-state index is 12.8. The van der Waals surface area contributed by atoms with Gasteiger partial charge in [0.25, 0.3) is 10.0 Å². The van der Waals surface area contributed by atoms with Crippen molar-refractivity contribution in [2.45, 2.75) is 36.6 Å². The minimum atomic E-state index is -4.03. The van der Waals surface area contributed by atoms with Gasteiger partial charge in [-0.1, -0.05) is 48.5 Å². The molecule has 0 aromatic heterocycles. The number of amides is 2. The van der Waals surface area contributed by atoms with Crippen LogP contribution in [0.3, 0.4) is 0 Å². The predicted octanol–water partition coefficient (Wildman–Crippen LogP) is 2.12. The van der Waals surface area contributed by atoms with Crippen molar-refractivity contribution >= 4 is 21.8 Å². The van der Waals surface area contributed by atoms with Crippen LogP contribution in [0, 0.1) is 0 Å². The number of benzene rings is 2. The minimum Gasteiger partial charge on any atom is -0.354 e. The van der Waals surface area contributed by atoms with Gasteiger partial charge in [0.1, 0.15) is 6.04 Å². The van der Waals surface area contributed by atoms with Gasteiger partial charge in [0.2, 0.25) is 11.8 Å². The lowest BCUT2D eigenvalue weighted by molar-refractivity contribution is -0.130. The molecule has 2 aromatic carbocycles. The fraction of sp³-hybridized carbons (Fsp3) is 0.300. The fourth-order valence-corrected chi connectivity index (χ4v) is 4.80. The molecule has 0 aliphatic carbocycles. The Balaban J connectivity index is 1.62. The number of sulfonamides is 1. The van der Waals surface area contributed by atoms with Crippen LogP contribution in [0.2, 0.25) is 0 Å². The second kappa shape index (κ2) is 8.35. The van der Waals surface area contributed by atoms with E-state index in [-0.39, 0.29) is 17.7 Å². The van der Waals surface area contributed by atoms with Crippen molar-refractivity contribution in [2.75, 3.05) is 6.54 Å². The Morgan fingerprint density at radius 3 is 2.33 bits per heavy atom. The summed E-state index contributed by atoms with van der Waals surface area (Å²) in [6.45, 7) is 0.428. The van der Waals surface area contributed by atoms with E-state index in [1.54, 1.807) is 18.2 Å². The number of carbonyl (C=O) groups is 2. The number of hydrogen-bond donors (Lipinski definition) is 1. The molecule has 1 unspecified atom stereocenters. The standard InChI is InChI=1S/C20H22N2O4S/c23-19-14-13-18(22(19)27(25,26)17-11-5-2-6-12-17)20(24)21-15-7-10-16-8-3-1-4-9-16/h1-6,8-9,11-12,18H,7,10,13-15H2,(H,21,24). The molecule has 1 heterocycles. The molecule has 0 saturated carbocycles. The first-order chi connectivity index (χ1) is 13.0. The van der Waals surface area contributed by atoms with Crippen molar-refractivity contribution in [2.24, 2.45) is 0 Å². The summed E-state index contributed by atoms with van der Waals surface area (Å²) in [5.41, 5.74) is 1.18.